The average molecular weight is 398 g/mol. The predicted octanol–water partition coefficient (Wildman–Crippen LogP) is 3.80. The van der Waals surface area contributed by atoms with Gasteiger partial charge in [0.25, 0.3) is 0 Å². The highest BCUT2D eigenvalue weighted by molar-refractivity contribution is 14.1. The van der Waals surface area contributed by atoms with Gasteiger partial charge in [0, 0.05) is 11.5 Å². The van der Waals surface area contributed by atoms with E-state index in [1.165, 1.54) is 17.1 Å². The molecule has 0 atom stereocenters. The molecule has 3 nitrogen and oxygen atoms in total. The number of benzene rings is 1. The Kier molecular flexibility index (Phi) is 5.20. The van der Waals surface area contributed by atoms with Gasteiger partial charge < -0.3 is 14.2 Å². The van der Waals surface area contributed by atoms with E-state index >= 15 is 0 Å². The summed E-state index contributed by atoms with van der Waals surface area (Å²) in [4.78, 5) is 0. The van der Waals surface area contributed by atoms with Crippen LogP contribution in [0, 0.1) is 3.57 Å². The lowest BCUT2D eigenvalue weighted by Crippen LogP contribution is -2.01. The molecule has 0 radical (unpaired) electrons. The first-order chi connectivity index (χ1) is 8.72. The maximum atomic E-state index is 5.48. The first kappa shape index (κ1) is 14.5. The fourth-order valence-electron chi connectivity index (χ4n) is 1.85. The second-order valence-electron chi connectivity index (χ2n) is 3.62. The Labute approximate surface area is 129 Å². The zero-order valence-electron chi connectivity index (χ0n) is 10.5. The molecular weight excluding hydrogens is 383 g/mol. The molecule has 1 heterocycles. The normalized spacial score (nSPS) is 15.8. The lowest BCUT2D eigenvalue weighted by molar-refractivity contribution is 0.322. The van der Waals surface area contributed by atoms with Crippen molar-refractivity contribution in [2.75, 3.05) is 32.8 Å². The van der Waals surface area contributed by atoms with Crippen LogP contribution < -0.4 is 14.2 Å². The van der Waals surface area contributed by atoms with Crippen LogP contribution in [0.5, 0.6) is 17.2 Å². The first-order valence-electron chi connectivity index (χ1n) is 5.44. The van der Waals surface area contributed by atoms with Gasteiger partial charge in [0.15, 0.2) is 11.5 Å². The van der Waals surface area contributed by atoms with E-state index in [9.17, 15) is 0 Å². The summed E-state index contributed by atoms with van der Waals surface area (Å²) in [7, 11) is 4.95. The summed E-state index contributed by atoms with van der Waals surface area (Å²) in [6.45, 7) is 0. The standard InChI is InChI=1S/C12H15IO3S2/c1-14-8-6-7(12-17-4-5-18-12)9(13)11(16-3)10(8)15-2/h6,12H,4-5H2,1-3H3. The molecule has 0 N–H and O–H groups in total. The lowest BCUT2D eigenvalue weighted by atomic mass is 10.2. The van der Waals surface area contributed by atoms with Crippen molar-refractivity contribution in [3.05, 3.63) is 15.2 Å². The molecule has 0 bridgehead atoms. The van der Waals surface area contributed by atoms with Gasteiger partial charge in [-0.3, -0.25) is 0 Å². The van der Waals surface area contributed by atoms with Crippen LogP contribution in [-0.4, -0.2) is 32.8 Å². The molecular formula is C12H15IO3S2. The van der Waals surface area contributed by atoms with Crippen molar-refractivity contribution in [3.63, 3.8) is 0 Å². The Balaban J connectivity index is 2.53. The Morgan fingerprint density at radius 1 is 1.06 bits per heavy atom. The Morgan fingerprint density at radius 3 is 2.17 bits per heavy atom. The molecule has 18 heavy (non-hydrogen) atoms. The predicted molar refractivity (Wildman–Crippen MR) is 86.5 cm³/mol. The summed E-state index contributed by atoms with van der Waals surface area (Å²) in [5.74, 6) is 4.56. The minimum absolute atomic E-state index is 0.464. The van der Waals surface area contributed by atoms with E-state index in [1.807, 2.05) is 23.5 Å². The minimum Gasteiger partial charge on any atom is -0.493 e. The Morgan fingerprint density at radius 2 is 1.67 bits per heavy atom. The van der Waals surface area contributed by atoms with Gasteiger partial charge in [0.1, 0.15) is 0 Å². The van der Waals surface area contributed by atoms with E-state index in [0.29, 0.717) is 10.3 Å². The van der Waals surface area contributed by atoms with E-state index < -0.39 is 0 Å². The second kappa shape index (κ2) is 6.47. The van der Waals surface area contributed by atoms with Crippen molar-refractivity contribution < 1.29 is 14.2 Å². The highest BCUT2D eigenvalue weighted by atomic mass is 127. The van der Waals surface area contributed by atoms with Gasteiger partial charge in [0.05, 0.1) is 29.5 Å². The van der Waals surface area contributed by atoms with Crippen LogP contribution >= 0.6 is 46.1 Å². The van der Waals surface area contributed by atoms with E-state index in [1.54, 1.807) is 21.3 Å². The van der Waals surface area contributed by atoms with Crippen LogP contribution in [0.4, 0.5) is 0 Å². The van der Waals surface area contributed by atoms with Crippen molar-refractivity contribution >= 4 is 46.1 Å². The molecule has 100 valence electrons. The number of hydrogen-bond acceptors (Lipinski definition) is 5. The van der Waals surface area contributed by atoms with Gasteiger partial charge in [-0.25, -0.2) is 0 Å². The Bertz CT molecular complexity index is 434. The summed E-state index contributed by atoms with van der Waals surface area (Å²) >= 11 is 6.26. The molecule has 1 saturated heterocycles. The number of rotatable bonds is 4. The summed E-state index contributed by atoms with van der Waals surface area (Å²) in [6, 6.07) is 2.07. The zero-order valence-corrected chi connectivity index (χ0v) is 14.3. The van der Waals surface area contributed by atoms with Crippen molar-refractivity contribution in [1.82, 2.24) is 0 Å². The van der Waals surface area contributed by atoms with Crippen LogP contribution in [0.3, 0.4) is 0 Å². The van der Waals surface area contributed by atoms with Gasteiger partial charge in [-0.1, -0.05) is 0 Å². The highest BCUT2D eigenvalue weighted by Crippen LogP contribution is 2.52. The third kappa shape index (κ3) is 2.65. The maximum absolute atomic E-state index is 5.48. The molecule has 6 heteroatoms. The van der Waals surface area contributed by atoms with Crippen molar-refractivity contribution in [2.45, 2.75) is 4.58 Å². The summed E-state index contributed by atoms with van der Waals surface area (Å²) < 4.78 is 17.8. The van der Waals surface area contributed by atoms with E-state index in [2.05, 4.69) is 28.7 Å². The fraction of sp³-hybridized carbons (Fsp3) is 0.500. The number of hydrogen-bond donors (Lipinski definition) is 0. The molecule has 0 unspecified atom stereocenters. The van der Waals surface area contributed by atoms with E-state index in [-0.39, 0.29) is 0 Å². The van der Waals surface area contributed by atoms with Gasteiger partial charge in [-0.2, -0.15) is 0 Å². The first-order valence-corrected chi connectivity index (χ1v) is 8.62. The topological polar surface area (TPSA) is 27.7 Å². The molecule has 1 aliphatic rings. The molecule has 0 saturated carbocycles. The van der Waals surface area contributed by atoms with Crippen molar-refractivity contribution in [3.8, 4) is 17.2 Å². The third-order valence-electron chi connectivity index (χ3n) is 2.67. The lowest BCUT2D eigenvalue weighted by Gasteiger charge is -2.19. The van der Waals surface area contributed by atoms with Crippen LogP contribution in [0.15, 0.2) is 6.07 Å². The van der Waals surface area contributed by atoms with Gasteiger partial charge in [-0.15, -0.1) is 23.5 Å². The van der Waals surface area contributed by atoms with Crippen molar-refractivity contribution in [1.29, 1.82) is 0 Å². The Hall–Kier alpha value is 0.0500. The minimum atomic E-state index is 0.464. The molecule has 0 spiro atoms. The molecule has 1 aromatic rings. The fourth-order valence-corrected chi connectivity index (χ4v) is 6.10. The maximum Gasteiger partial charge on any atom is 0.204 e. The average Bonchev–Trinajstić information content (AvgIpc) is 2.91. The number of thioether (sulfide) groups is 2. The molecule has 0 aliphatic carbocycles. The van der Waals surface area contributed by atoms with Gasteiger partial charge in [0.2, 0.25) is 5.75 Å². The van der Waals surface area contributed by atoms with E-state index in [4.69, 9.17) is 14.2 Å². The van der Waals surface area contributed by atoms with Crippen LogP contribution in [0.25, 0.3) is 0 Å². The van der Waals surface area contributed by atoms with Crippen LogP contribution in [0.1, 0.15) is 10.1 Å². The largest absolute Gasteiger partial charge is 0.493 e. The van der Waals surface area contributed by atoms with Crippen LogP contribution in [0.2, 0.25) is 0 Å². The second-order valence-corrected chi connectivity index (χ2v) is 7.43. The third-order valence-corrected chi connectivity index (χ3v) is 6.85. The summed E-state index contributed by atoms with van der Waals surface area (Å²) in [5.41, 5.74) is 1.26. The number of methoxy groups -OCH3 is 3. The zero-order chi connectivity index (χ0) is 13.1. The van der Waals surface area contributed by atoms with Crippen molar-refractivity contribution in [2.24, 2.45) is 0 Å². The molecule has 1 aromatic carbocycles. The number of halogens is 1. The molecule has 1 fully saturated rings. The SMILES string of the molecule is COc1cc(C2SCCS2)c(I)c(OC)c1OC. The molecule has 0 amide bonds. The smallest absolute Gasteiger partial charge is 0.204 e. The quantitative estimate of drug-likeness (QED) is 0.720. The summed E-state index contributed by atoms with van der Waals surface area (Å²) in [5, 5.41) is 0. The molecule has 0 aromatic heterocycles. The van der Waals surface area contributed by atoms with Crippen LogP contribution in [-0.2, 0) is 0 Å². The van der Waals surface area contributed by atoms with E-state index in [0.717, 1.165) is 15.1 Å². The number of ether oxygens (including phenoxy) is 3. The van der Waals surface area contributed by atoms with Gasteiger partial charge in [-0.05, 0) is 34.2 Å². The van der Waals surface area contributed by atoms with Gasteiger partial charge >= 0.3 is 0 Å². The highest BCUT2D eigenvalue weighted by Gasteiger charge is 2.26. The molecule has 1 aliphatic heterocycles. The summed E-state index contributed by atoms with van der Waals surface area (Å²) in [6.07, 6.45) is 0. The monoisotopic (exact) mass is 398 g/mol. The molecule has 2 rings (SSSR count).